The number of hydrogen-bond donors (Lipinski definition) is 2. The maximum Gasteiger partial charge on any atom is 0.254 e. The van der Waals surface area contributed by atoms with Crippen LogP contribution < -0.4 is 10.6 Å². The van der Waals surface area contributed by atoms with Gasteiger partial charge >= 0.3 is 0 Å². The number of aromatic nitrogens is 2. The van der Waals surface area contributed by atoms with Crippen LogP contribution in [0.15, 0.2) is 36.5 Å². The van der Waals surface area contributed by atoms with Crippen molar-refractivity contribution in [2.45, 2.75) is 19.9 Å². The van der Waals surface area contributed by atoms with Crippen molar-refractivity contribution in [3.05, 3.63) is 53.3 Å². The minimum Gasteiger partial charge on any atom is -0.352 e. The van der Waals surface area contributed by atoms with Gasteiger partial charge in [0, 0.05) is 25.6 Å². The smallest absolute Gasteiger partial charge is 0.254 e. The monoisotopic (exact) mass is 298 g/mol. The Labute approximate surface area is 130 Å². The van der Waals surface area contributed by atoms with E-state index in [1.807, 2.05) is 22.9 Å². The van der Waals surface area contributed by atoms with Gasteiger partial charge in [0.2, 0.25) is 0 Å². The second-order valence-corrected chi connectivity index (χ2v) is 5.74. The number of hydrogen-bond acceptors (Lipinski definition) is 3. The molecular formula is C17H22N4O. The van der Waals surface area contributed by atoms with Gasteiger partial charge in [-0.2, -0.15) is 5.10 Å². The van der Waals surface area contributed by atoms with Crippen LogP contribution in [-0.2, 0) is 13.0 Å². The molecule has 1 aromatic carbocycles. The predicted molar refractivity (Wildman–Crippen MR) is 85.8 cm³/mol. The molecule has 2 aromatic rings. The van der Waals surface area contributed by atoms with E-state index in [1.165, 1.54) is 5.56 Å². The number of nitrogens with one attached hydrogen (secondary N) is 2. The van der Waals surface area contributed by atoms with E-state index >= 15 is 0 Å². The molecule has 116 valence electrons. The maximum absolute atomic E-state index is 12.3. The Balaban J connectivity index is 1.70. The van der Waals surface area contributed by atoms with Crippen LogP contribution in [0.4, 0.5) is 0 Å². The maximum atomic E-state index is 12.3. The van der Waals surface area contributed by atoms with Crippen LogP contribution in [0.3, 0.4) is 0 Å². The highest BCUT2D eigenvalue weighted by Gasteiger charge is 2.20. The molecule has 5 nitrogen and oxygen atoms in total. The van der Waals surface area contributed by atoms with Crippen LogP contribution in [0.5, 0.6) is 0 Å². The summed E-state index contributed by atoms with van der Waals surface area (Å²) in [6.45, 7) is 5.48. The molecule has 1 amide bonds. The fourth-order valence-electron chi connectivity index (χ4n) is 2.69. The molecule has 1 aliphatic heterocycles. The largest absolute Gasteiger partial charge is 0.352 e. The van der Waals surface area contributed by atoms with Crippen LogP contribution >= 0.6 is 0 Å². The molecule has 0 radical (unpaired) electrons. The molecule has 5 heteroatoms. The summed E-state index contributed by atoms with van der Waals surface area (Å²) in [7, 11) is 0. The normalized spacial score (nSPS) is 14.6. The molecule has 0 unspecified atom stereocenters. The standard InChI is InChI=1S/C17H22N4O/c1-2-16-15(17(22)19-10-14-8-18-9-14)11-20-21(16)12-13-6-4-3-5-7-13/h3-7,11,14,18H,2,8-10,12H2,1H3,(H,19,22). The second kappa shape index (κ2) is 6.75. The van der Waals surface area contributed by atoms with Crippen molar-refractivity contribution in [3.63, 3.8) is 0 Å². The lowest BCUT2D eigenvalue weighted by Gasteiger charge is -2.27. The fourth-order valence-corrected chi connectivity index (χ4v) is 2.69. The molecule has 0 bridgehead atoms. The Bertz CT molecular complexity index is 631. The van der Waals surface area contributed by atoms with E-state index in [1.54, 1.807) is 6.20 Å². The SMILES string of the molecule is CCc1c(C(=O)NCC2CNC2)cnn1Cc1ccccc1. The van der Waals surface area contributed by atoms with Crippen LogP contribution in [-0.4, -0.2) is 35.3 Å². The first kappa shape index (κ1) is 14.8. The van der Waals surface area contributed by atoms with Gasteiger partial charge in [0.25, 0.3) is 5.91 Å². The van der Waals surface area contributed by atoms with Gasteiger partial charge in [0.1, 0.15) is 0 Å². The van der Waals surface area contributed by atoms with Crippen LogP contribution in [0.1, 0.15) is 28.5 Å². The van der Waals surface area contributed by atoms with Gasteiger partial charge in [-0.1, -0.05) is 37.3 Å². The third-order valence-electron chi connectivity index (χ3n) is 4.12. The van der Waals surface area contributed by atoms with Crippen molar-refractivity contribution in [1.29, 1.82) is 0 Å². The minimum atomic E-state index is -0.0111. The average molecular weight is 298 g/mol. The van der Waals surface area contributed by atoms with Crippen molar-refractivity contribution in [1.82, 2.24) is 20.4 Å². The number of amides is 1. The lowest BCUT2D eigenvalue weighted by atomic mass is 10.0. The summed E-state index contributed by atoms with van der Waals surface area (Å²) in [4.78, 5) is 12.3. The van der Waals surface area contributed by atoms with Gasteiger partial charge in [-0.3, -0.25) is 9.48 Å². The first-order valence-corrected chi connectivity index (χ1v) is 7.85. The number of rotatable bonds is 6. The van der Waals surface area contributed by atoms with Gasteiger partial charge in [0.05, 0.1) is 24.0 Å². The van der Waals surface area contributed by atoms with Crippen LogP contribution in [0.2, 0.25) is 0 Å². The molecule has 1 saturated heterocycles. The lowest BCUT2D eigenvalue weighted by molar-refractivity contribution is 0.0941. The first-order valence-electron chi connectivity index (χ1n) is 7.85. The zero-order valence-electron chi connectivity index (χ0n) is 12.9. The summed E-state index contributed by atoms with van der Waals surface area (Å²) >= 11 is 0. The molecular weight excluding hydrogens is 276 g/mol. The molecule has 1 aromatic heterocycles. The second-order valence-electron chi connectivity index (χ2n) is 5.74. The molecule has 2 heterocycles. The summed E-state index contributed by atoms with van der Waals surface area (Å²) in [6.07, 6.45) is 2.48. The van der Waals surface area contributed by atoms with Crippen molar-refractivity contribution in [2.24, 2.45) is 5.92 Å². The van der Waals surface area contributed by atoms with E-state index in [4.69, 9.17) is 0 Å². The van der Waals surface area contributed by atoms with Gasteiger partial charge in [0.15, 0.2) is 0 Å². The average Bonchev–Trinajstić information content (AvgIpc) is 2.89. The fraction of sp³-hybridized carbons (Fsp3) is 0.412. The molecule has 1 fully saturated rings. The predicted octanol–water partition coefficient (Wildman–Crippen LogP) is 1.44. The van der Waals surface area contributed by atoms with E-state index in [0.29, 0.717) is 18.0 Å². The molecule has 3 rings (SSSR count). The molecule has 1 aliphatic rings. The van der Waals surface area contributed by atoms with E-state index in [9.17, 15) is 4.79 Å². The summed E-state index contributed by atoms with van der Waals surface area (Å²) < 4.78 is 1.93. The highest BCUT2D eigenvalue weighted by Crippen LogP contribution is 2.12. The van der Waals surface area contributed by atoms with E-state index in [0.717, 1.165) is 31.7 Å². The quantitative estimate of drug-likeness (QED) is 0.848. The van der Waals surface area contributed by atoms with Gasteiger partial charge in [-0.05, 0) is 12.0 Å². The Kier molecular flexibility index (Phi) is 4.53. The van der Waals surface area contributed by atoms with E-state index in [2.05, 4.69) is 34.8 Å². The molecule has 0 aliphatic carbocycles. The van der Waals surface area contributed by atoms with Crippen LogP contribution in [0.25, 0.3) is 0 Å². The highest BCUT2D eigenvalue weighted by atomic mass is 16.1. The molecule has 0 atom stereocenters. The summed E-state index contributed by atoms with van der Waals surface area (Å²) in [5.41, 5.74) is 2.88. The minimum absolute atomic E-state index is 0.0111. The van der Waals surface area contributed by atoms with Gasteiger partial charge < -0.3 is 10.6 Å². The number of carbonyl (C=O) groups is 1. The van der Waals surface area contributed by atoms with Crippen molar-refractivity contribution < 1.29 is 4.79 Å². The highest BCUT2D eigenvalue weighted by molar-refractivity contribution is 5.95. The summed E-state index contributed by atoms with van der Waals surface area (Å²) in [6, 6.07) is 10.2. The van der Waals surface area contributed by atoms with Crippen molar-refractivity contribution >= 4 is 5.91 Å². The molecule has 2 N–H and O–H groups in total. The summed E-state index contributed by atoms with van der Waals surface area (Å²) in [5.74, 6) is 0.552. The molecule has 0 spiro atoms. The first-order chi connectivity index (χ1) is 10.8. The van der Waals surface area contributed by atoms with E-state index in [-0.39, 0.29) is 5.91 Å². The number of carbonyl (C=O) groups excluding carboxylic acids is 1. The third kappa shape index (κ3) is 3.20. The Morgan fingerprint density at radius 2 is 2.14 bits per heavy atom. The topological polar surface area (TPSA) is 59.0 Å². The molecule has 0 saturated carbocycles. The Morgan fingerprint density at radius 3 is 2.77 bits per heavy atom. The molecule has 22 heavy (non-hydrogen) atoms. The van der Waals surface area contributed by atoms with Gasteiger partial charge in [-0.25, -0.2) is 0 Å². The van der Waals surface area contributed by atoms with E-state index < -0.39 is 0 Å². The zero-order valence-corrected chi connectivity index (χ0v) is 12.9. The Morgan fingerprint density at radius 1 is 1.36 bits per heavy atom. The zero-order chi connectivity index (χ0) is 15.4. The van der Waals surface area contributed by atoms with Crippen LogP contribution in [0, 0.1) is 5.92 Å². The van der Waals surface area contributed by atoms with Gasteiger partial charge in [-0.15, -0.1) is 0 Å². The van der Waals surface area contributed by atoms with Crippen molar-refractivity contribution in [3.8, 4) is 0 Å². The summed E-state index contributed by atoms with van der Waals surface area (Å²) in [5, 5.41) is 10.6. The van der Waals surface area contributed by atoms with Crippen molar-refractivity contribution in [2.75, 3.05) is 19.6 Å². The Hall–Kier alpha value is -2.14. The number of benzene rings is 1. The lowest BCUT2D eigenvalue weighted by Crippen LogP contribution is -2.48. The third-order valence-corrected chi connectivity index (χ3v) is 4.12. The number of nitrogens with zero attached hydrogens (tertiary/aromatic N) is 2.